The Balaban J connectivity index is 3.38. The highest BCUT2D eigenvalue weighted by Gasteiger charge is 2.12. The molecule has 0 N–H and O–H groups in total. The number of allylic oxidation sites excluding steroid dienone is 1. The number of ketones is 1. The molecule has 0 radical (unpaired) electrons. The van der Waals surface area contributed by atoms with Crippen LogP contribution in [0.2, 0.25) is 0 Å². The van der Waals surface area contributed by atoms with Crippen molar-refractivity contribution in [3.63, 3.8) is 0 Å². The van der Waals surface area contributed by atoms with Crippen molar-refractivity contribution in [2.45, 2.75) is 58.8 Å². The number of unbranched alkanes of at least 4 members (excludes halogenated alkanes) is 5. The first-order valence-electron chi connectivity index (χ1n) is 6.35. The predicted octanol–water partition coefficient (Wildman–Crippen LogP) is 4.74. The molecule has 16 heavy (non-hydrogen) atoms. The zero-order chi connectivity index (χ0) is 12.4. The number of rotatable bonds is 10. The standard InChI is InChI=1S/C14H25ClO/c1-12(2)14(16)13(3)10-8-6-4-5-7-9-11-15/h13H,1,4-11H2,2-3H3. The van der Waals surface area contributed by atoms with E-state index in [1.165, 1.54) is 25.7 Å². The first-order chi connectivity index (χ1) is 7.59. The monoisotopic (exact) mass is 244 g/mol. The minimum Gasteiger partial charge on any atom is -0.294 e. The van der Waals surface area contributed by atoms with E-state index in [2.05, 4.69) is 6.58 Å². The van der Waals surface area contributed by atoms with E-state index in [0.29, 0.717) is 5.57 Å². The summed E-state index contributed by atoms with van der Waals surface area (Å²) in [6.45, 7) is 7.49. The van der Waals surface area contributed by atoms with Crippen molar-refractivity contribution in [3.8, 4) is 0 Å². The van der Waals surface area contributed by atoms with Crippen molar-refractivity contribution in [3.05, 3.63) is 12.2 Å². The SMILES string of the molecule is C=C(C)C(=O)C(C)CCCCCCCCCl. The van der Waals surface area contributed by atoms with Crippen LogP contribution in [0, 0.1) is 5.92 Å². The molecule has 0 bridgehead atoms. The van der Waals surface area contributed by atoms with Gasteiger partial charge in [0.15, 0.2) is 5.78 Å². The van der Waals surface area contributed by atoms with Crippen LogP contribution in [0.15, 0.2) is 12.2 Å². The van der Waals surface area contributed by atoms with Crippen LogP contribution in [0.3, 0.4) is 0 Å². The molecule has 0 aromatic carbocycles. The number of carbonyl (C=O) groups excluding carboxylic acids is 1. The summed E-state index contributed by atoms with van der Waals surface area (Å²) in [4.78, 5) is 11.5. The first-order valence-corrected chi connectivity index (χ1v) is 6.88. The molecular weight excluding hydrogens is 220 g/mol. The molecule has 0 rings (SSSR count). The number of hydrogen-bond acceptors (Lipinski definition) is 1. The number of alkyl halides is 1. The number of hydrogen-bond donors (Lipinski definition) is 0. The summed E-state index contributed by atoms with van der Waals surface area (Å²) in [6.07, 6.45) is 8.30. The molecule has 0 amide bonds. The van der Waals surface area contributed by atoms with Gasteiger partial charge in [-0.15, -0.1) is 11.6 Å². The van der Waals surface area contributed by atoms with Crippen molar-refractivity contribution < 1.29 is 4.79 Å². The molecule has 2 heteroatoms. The zero-order valence-electron chi connectivity index (χ0n) is 10.7. The van der Waals surface area contributed by atoms with E-state index in [1.807, 2.05) is 6.92 Å². The van der Waals surface area contributed by atoms with E-state index in [4.69, 9.17) is 11.6 Å². The summed E-state index contributed by atoms with van der Waals surface area (Å²) in [6, 6.07) is 0. The van der Waals surface area contributed by atoms with Gasteiger partial charge in [-0.25, -0.2) is 0 Å². The summed E-state index contributed by atoms with van der Waals surface area (Å²) < 4.78 is 0. The minimum absolute atomic E-state index is 0.153. The van der Waals surface area contributed by atoms with Gasteiger partial charge >= 0.3 is 0 Å². The summed E-state index contributed by atoms with van der Waals surface area (Å²) in [5, 5.41) is 0. The molecule has 0 fully saturated rings. The zero-order valence-corrected chi connectivity index (χ0v) is 11.5. The Morgan fingerprint density at radius 2 is 1.62 bits per heavy atom. The maximum absolute atomic E-state index is 11.5. The maximum atomic E-state index is 11.5. The third-order valence-corrected chi connectivity index (χ3v) is 3.16. The molecule has 1 nitrogen and oxygen atoms in total. The van der Waals surface area contributed by atoms with Gasteiger partial charge in [0.1, 0.15) is 0 Å². The average Bonchev–Trinajstić information content (AvgIpc) is 2.26. The van der Waals surface area contributed by atoms with Gasteiger partial charge in [-0.1, -0.05) is 45.6 Å². The van der Waals surface area contributed by atoms with Gasteiger partial charge < -0.3 is 0 Å². The van der Waals surface area contributed by atoms with Crippen molar-refractivity contribution in [2.75, 3.05) is 5.88 Å². The van der Waals surface area contributed by atoms with Crippen molar-refractivity contribution in [2.24, 2.45) is 5.92 Å². The molecule has 0 saturated heterocycles. The lowest BCUT2D eigenvalue weighted by Crippen LogP contribution is -2.11. The summed E-state index contributed by atoms with van der Waals surface area (Å²) >= 11 is 5.60. The normalized spacial score (nSPS) is 12.4. The van der Waals surface area contributed by atoms with Crippen molar-refractivity contribution >= 4 is 17.4 Å². The molecule has 94 valence electrons. The molecule has 0 aliphatic heterocycles. The summed E-state index contributed by atoms with van der Waals surface area (Å²) in [7, 11) is 0. The Labute approximate surface area is 105 Å². The molecule has 0 heterocycles. The molecule has 0 aliphatic carbocycles. The fourth-order valence-electron chi connectivity index (χ4n) is 1.80. The Morgan fingerprint density at radius 1 is 1.12 bits per heavy atom. The highest BCUT2D eigenvalue weighted by molar-refractivity contribution is 6.17. The Hall–Kier alpha value is -0.300. The lowest BCUT2D eigenvalue weighted by atomic mass is 9.95. The van der Waals surface area contributed by atoms with Gasteiger partial charge in [0.2, 0.25) is 0 Å². The highest BCUT2D eigenvalue weighted by Crippen LogP contribution is 2.15. The molecule has 0 saturated carbocycles. The fraction of sp³-hybridized carbons (Fsp3) is 0.786. The van der Waals surface area contributed by atoms with Gasteiger partial charge in [-0.3, -0.25) is 4.79 Å². The van der Waals surface area contributed by atoms with Crippen LogP contribution in [0.1, 0.15) is 58.8 Å². The van der Waals surface area contributed by atoms with E-state index >= 15 is 0 Å². The van der Waals surface area contributed by atoms with E-state index in [9.17, 15) is 4.79 Å². The maximum Gasteiger partial charge on any atom is 0.160 e. The van der Waals surface area contributed by atoms with Gasteiger partial charge in [0.05, 0.1) is 0 Å². The van der Waals surface area contributed by atoms with Crippen LogP contribution in [0.5, 0.6) is 0 Å². The lowest BCUT2D eigenvalue weighted by Gasteiger charge is -2.09. The Kier molecular flexibility index (Phi) is 9.71. The minimum atomic E-state index is 0.153. The largest absolute Gasteiger partial charge is 0.294 e. The van der Waals surface area contributed by atoms with Crippen LogP contribution >= 0.6 is 11.6 Å². The molecular formula is C14H25ClO. The van der Waals surface area contributed by atoms with Crippen LogP contribution < -0.4 is 0 Å². The first kappa shape index (κ1) is 15.7. The molecule has 0 aliphatic rings. The van der Waals surface area contributed by atoms with Crippen molar-refractivity contribution in [1.82, 2.24) is 0 Å². The lowest BCUT2D eigenvalue weighted by molar-refractivity contribution is -0.118. The molecule has 1 atom stereocenters. The second-order valence-corrected chi connectivity index (χ2v) is 5.02. The Morgan fingerprint density at radius 3 is 2.12 bits per heavy atom. The van der Waals surface area contributed by atoms with E-state index in [1.54, 1.807) is 6.92 Å². The molecule has 0 aromatic rings. The number of Topliss-reactive ketones (excluding diaryl/α,β-unsaturated/α-hetero) is 1. The van der Waals surface area contributed by atoms with Gasteiger partial charge in [0, 0.05) is 11.8 Å². The second kappa shape index (κ2) is 9.89. The predicted molar refractivity (Wildman–Crippen MR) is 72.0 cm³/mol. The third-order valence-electron chi connectivity index (χ3n) is 2.89. The van der Waals surface area contributed by atoms with E-state index in [-0.39, 0.29) is 11.7 Å². The third kappa shape index (κ3) is 7.92. The number of halogens is 1. The molecule has 1 unspecified atom stereocenters. The van der Waals surface area contributed by atoms with E-state index < -0.39 is 0 Å². The Bertz CT molecular complexity index is 211. The van der Waals surface area contributed by atoms with Gasteiger partial charge in [0.25, 0.3) is 0 Å². The van der Waals surface area contributed by atoms with Gasteiger partial charge in [-0.2, -0.15) is 0 Å². The quantitative estimate of drug-likeness (QED) is 0.308. The average molecular weight is 245 g/mol. The summed E-state index contributed by atoms with van der Waals surface area (Å²) in [5.41, 5.74) is 0.689. The smallest absolute Gasteiger partial charge is 0.160 e. The van der Waals surface area contributed by atoms with Gasteiger partial charge in [-0.05, 0) is 25.3 Å². The fourth-order valence-corrected chi connectivity index (χ4v) is 1.99. The van der Waals surface area contributed by atoms with Crippen LogP contribution in [0.4, 0.5) is 0 Å². The summed E-state index contributed by atoms with van der Waals surface area (Å²) in [5.74, 6) is 1.16. The van der Waals surface area contributed by atoms with Crippen LogP contribution in [-0.2, 0) is 4.79 Å². The molecule has 0 aromatic heterocycles. The highest BCUT2D eigenvalue weighted by atomic mass is 35.5. The van der Waals surface area contributed by atoms with E-state index in [0.717, 1.165) is 25.1 Å². The molecule has 0 spiro atoms. The van der Waals surface area contributed by atoms with Crippen LogP contribution in [0.25, 0.3) is 0 Å². The number of carbonyl (C=O) groups is 1. The van der Waals surface area contributed by atoms with Crippen LogP contribution in [-0.4, -0.2) is 11.7 Å². The topological polar surface area (TPSA) is 17.1 Å². The second-order valence-electron chi connectivity index (χ2n) is 4.64. The van der Waals surface area contributed by atoms with Crippen molar-refractivity contribution in [1.29, 1.82) is 0 Å².